The van der Waals surface area contributed by atoms with E-state index >= 15 is 0 Å². The number of hydrogen-bond acceptors (Lipinski definition) is 6. The topological polar surface area (TPSA) is 91.3 Å². The van der Waals surface area contributed by atoms with Crippen LogP contribution >= 0.6 is 7.82 Å². The molecule has 2 unspecified atom stereocenters. The van der Waals surface area contributed by atoms with Gasteiger partial charge in [0.25, 0.3) is 0 Å². The fourth-order valence-corrected chi connectivity index (χ4v) is 7.60. The number of phosphoric ester groups is 1. The lowest BCUT2D eigenvalue weighted by Crippen LogP contribution is -2.37. The molecule has 0 aromatic rings. The number of carbonyl (C=O) groups is 1. The van der Waals surface area contributed by atoms with Crippen molar-refractivity contribution in [3.63, 3.8) is 0 Å². The molecule has 0 aromatic heterocycles. The van der Waals surface area contributed by atoms with E-state index in [-0.39, 0.29) is 25.8 Å². The second kappa shape index (κ2) is 43.4. The van der Waals surface area contributed by atoms with Gasteiger partial charge in [-0.15, -0.1) is 0 Å². The number of nitrogens with zero attached hydrogens (tertiary/aromatic N) is 1. The normalized spacial score (nSPS) is 13.9. The Morgan fingerprint density at radius 1 is 0.525 bits per heavy atom. The van der Waals surface area contributed by atoms with E-state index in [0.717, 1.165) is 44.9 Å². The number of esters is 1. The predicted octanol–water partition coefficient (Wildman–Crippen LogP) is 14.9. The zero-order valence-electron chi connectivity index (χ0n) is 39.5. The van der Waals surface area contributed by atoms with Gasteiger partial charge in [-0.1, -0.05) is 198 Å². The van der Waals surface area contributed by atoms with Crippen LogP contribution < -0.4 is 0 Å². The minimum Gasteiger partial charge on any atom is -0.457 e. The molecule has 0 aliphatic rings. The number of allylic oxidation sites excluding steroid dienone is 6. The van der Waals surface area contributed by atoms with E-state index in [1.54, 1.807) is 0 Å². The van der Waals surface area contributed by atoms with Crippen LogP contribution in [0.25, 0.3) is 0 Å². The number of phosphoric acid groups is 1. The maximum Gasteiger partial charge on any atom is 0.472 e. The molecule has 2 atom stereocenters. The summed E-state index contributed by atoms with van der Waals surface area (Å²) in [6, 6.07) is 0. The number of ether oxygens (including phenoxy) is 2. The van der Waals surface area contributed by atoms with E-state index in [2.05, 4.69) is 50.3 Å². The van der Waals surface area contributed by atoms with Crippen molar-refractivity contribution in [3.8, 4) is 0 Å². The highest BCUT2D eigenvalue weighted by atomic mass is 31.2. The van der Waals surface area contributed by atoms with E-state index in [4.69, 9.17) is 18.5 Å². The number of carbonyl (C=O) groups excluding carboxylic acids is 1. The molecule has 8 nitrogen and oxygen atoms in total. The van der Waals surface area contributed by atoms with Crippen LogP contribution in [0.4, 0.5) is 0 Å². The van der Waals surface area contributed by atoms with Crippen LogP contribution in [0.15, 0.2) is 36.5 Å². The van der Waals surface area contributed by atoms with Gasteiger partial charge >= 0.3 is 13.8 Å². The molecule has 0 rings (SSSR count). The first kappa shape index (κ1) is 57.7. The van der Waals surface area contributed by atoms with Crippen LogP contribution in [0, 0.1) is 0 Å². The summed E-state index contributed by atoms with van der Waals surface area (Å²) in [6.45, 7) is 5.62. The molecular weight excluding hydrogens is 758 g/mol. The zero-order chi connectivity index (χ0) is 43.4. The SMILES string of the molecule is CCCCCCC/C=C\C/C=C\C/C=C\CCCCCCCCCCCOCC(COP(=O)(O)OCC[N+](C)(C)C)OC(=O)CCCCCCCCCCCCCCC. The van der Waals surface area contributed by atoms with E-state index in [1.807, 2.05) is 21.1 Å². The van der Waals surface area contributed by atoms with Gasteiger partial charge in [-0.25, -0.2) is 4.57 Å². The van der Waals surface area contributed by atoms with Crippen molar-refractivity contribution in [1.82, 2.24) is 0 Å². The van der Waals surface area contributed by atoms with E-state index in [9.17, 15) is 14.3 Å². The average molecular weight is 855 g/mol. The molecule has 0 heterocycles. The third-order valence-corrected chi connectivity index (χ3v) is 11.7. The van der Waals surface area contributed by atoms with Crippen molar-refractivity contribution >= 4 is 13.8 Å². The summed E-state index contributed by atoms with van der Waals surface area (Å²) in [4.78, 5) is 22.9. The molecule has 348 valence electrons. The van der Waals surface area contributed by atoms with Crippen molar-refractivity contribution in [2.24, 2.45) is 0 Å². The molecule has 0 radical (unpaired) electrons. The molecule has 0 bridgehead atoms. The van der Waals surface area contributed by atoms with Crippen LogP contribution in [0.1, 0.15) is 219 Å². The molecule has 59 heavy (non-hydrogen) atoms. The van der Waals surface area contributed by atoms with Gasteiger partial charge in [-0.3, -0.25) is 13.8 Å². The molecular formula is C50H97NO7P+. The fourth-order valence-electron chi connectivity index (χ4n) is 6.85. The van der Waals surface area contributed by atoms with Gasteiger partial charge in [0.05, 0.1) is 34.4 Å². The highest BCUT2D eigenvalue weighted by Crippen LogP contribution is 2.43. The summed E-state index contributed by atoms with van der Waals surface area (Å²) in [6.07, 6.45) is 51.8. The smallest absolute Gasteiger partial charge is 0.457 e. The lowest BCUT2D eigenvalue weighted by molar-refractivity contribution is -0.870. The van der Waals surface area contributed by atoms with Crippen LogP contribution in [0.3, 0.4) is 0 Å². The minimum absolute atomic E-state index is 0.0885. The zero-order valence-corrected chi connectivity index (χ0v) is 40.4. The largest absolute Gasteiger partial charge is 0.472 e. The Morgan fingerprint density at radius 2 is 0.932 bits per heavy atom. The quantitative estimate of drug-likeness (QED) is 0.0214. The predicted molar refractivity (Wildman–Crippen MR) is 252 cm³/mol. The Balaban J connectivity index is 4.11. The van der Waals surface area contributed by atoms with Gasteiger partial charge in [0.1, 0.15) is 19.3 Å². The van der Waals surface area contributed by atoms with Crippen LogP contribution in [0.5, 0.6) is 0 Å². The van der Waals surface area contributed by atoms with Crippen molar-refractivity contribution in [3.05, 3.63) is 36.5 Å². The van der Waals surface area contributed by atoms with E-state index < -0.39 is 13.9 Å². The number of quaternary nitrogens is 1. The summed E-state index contributed by atoms with van der Waals surface area (Å²) in [7, 11) is 1.67. The van der Waals surface area contributed by atoms with Crippen LogP contribution in [-0.4, -0.2) is 75.6 Å². The first-order chi connectivity index (χ1) is 28.6. The van der Waals surface area contributed by atoms with Gasteiger partial charge < -0.3 is 18.9 Å². The number of rotatable bonds is 46. The maximum absolute atomic E-state index is 12.7. The van der Waals surface area contributed by atoms with E-state index in [0.29, 0.717) is 24.1 Å². The third-order valence-electron chi connectivity index (χ3n) is 10.7. The maximum atomic E-state index is 12.7. The Kier molecular flexibility index (Phi) is 42.4. The van der Waals surface area contributed by atoms with Gasteiger partial charge in [0.2, 0.25) is 0 Å². The molecule has 0 aliphatic carbocycles. The van der Waals surface area contributed by atoms with Crippen molar-refractivity contribution in [2.75, 3.05) is 54.1 Å². The monoisotopic (exact) mass is 855 g/mol. The first-order valence-corrected chi connectivity index (χ1v) is 26.2. The average Bonchev–Trinajstić information content (AvgIpc) is 3.19. The molecule has 0 saturated carbocycles. The lowest BCUT2D eigenvalue weighted by Gasteiger charge is -2.24. The fraction of sp³-hybridized carbons (Fsp3) is 0.860. The highest BCUT2D eigenvalue weighted by Gasteiger charge is 2.26. The van der Waals surface area contributed by atoms with Gasteiger partial charge in [0.15, 0.2) is 0 Å². The Labute approximate surface area is 365 Å². The highest BCUT2D eigenvalue weighted by molar-refractivity contribution is 7.47. The molecule has 9 heteroatoms. The standard InChI is InChI=1S/C50H96NO7P/c1-6-8-10-12-14-16-18-20-21-22-23-24-25-26-27-28-29-30-32-34-36-38-40-42-45-55-47-49(48-57-59(53,54)56-46-44-51(3,4)5)58-50(52)43-41-39-37-35-33-31-19-17-15-13-11-9-7-2/h18,20,22-23,25-26,49H,6-17,19,21,24,27-48H2,1-5H3/p+1/b20-18-,23-22-,26-25-. The van der Waals surface area contributed by atoms with Crippen molar-refractivity contribution in [2.45, 2.75) is 225 Å². The molecule has 1 N–H and O–H groups in total. The van der Waals surface area contributed by atoms with Gasteiger partial charge in [-0.2, -0.15) is 0 Å². The summed E-state index contributed by atoms with van der Waals surface area (Å²) < 4.78 is 35.1. The second-order valence-electron chi connectivity index (χ2n) is 17.9. The number of unbranched alkanes of at least 4 members (excludes halogenated alkanes) is 26. The summed E-state index contributed by atoms with van der Waals surface area (Å²) in [5.41, 5.74) is 0. The van der Waals surface area contributed by atoms with Crippen molar-refractivity contribution < 1.29 is 37.3 Å². The van der Waals surface area contributed by atoms with Gasteiger partial charge in [0, 0.05) is 13.0 Å². The van der Waals surface area contributed by atoms with Gasteiger partial charge in [-0.05, 0) is 51.4 Å². The minimum atomic E-state index is -4.28. The van der Waals surface area contributed by atoms with Crippen molar-refractivity contribution in [1.29, 1.82) is 0 Å². The number of hydrogen-bond donors (Lipinski definition) is 1. The molecule has 0 fully saturated rings. The first-order valence-electron chi connectivity index (χ1n) is 24.7. The Hall–Kier alpha value is -1.28. The molecule has 0 saturated heterocycles. The van der Waals surface area contributed by atoms with E-state index in [1.165, 1.54) is 154 Å². The van der Waals surface area contributed by atoms with Crippen LogP contribution in [-0.2, 0) is 27.9 Å². The molecule has 0 aliphatic heterocycles. The van der Waals surface area contributed by atoms with Crippen LogP contribution in [0.2, 0.25) is 0 Å². The summed E-state index contributed by atoms with van der Waals surface area (Å²) in [5, 5.41) is 0. The molecule has 0 amide bonds. The lowest BCUT2D eigenvalue weighted by atomic mass is 10.0. The third kappa shape index (κ3) is 47.6. The summed E-state index contributed by atoms with van der Waals surface area (Å²) in [5.74, 6) is -0.314. The Morgan fingerprint density at radius 3 is 1.39 bits per heavy atom. The molecule has 0 aromatic carbocycles. The summed E-state index contributed by atoms with van der Waals surface area (Å²) >= 11 is 0. The second-order valence-corrected chi connectivity index (χ2v) is 19.3. The molecule has 0 spiro atoms. The number of likely N-dealkylation sites (N-methyl/N-ethyl adjacent to an activating group) is 1. The Bertz CT molecular complexity index is 1040.